The molecular weight excluding hydrogens is 282 g/mol. The Labute approximate surface area is 130 Å². The molecule has 2 fully saturated rings. The highest BCUT2D eigenvalue weighted by Gasteiger charge is 2.35. The second-order valence-electron chi connectivity index (χ2n) is 6.27. The second kappa shape index (κ2) is 6.10. The Bertz CT molecular complexity index is 575. The molecular formula is C16H23N3O3. The Kier molecular flexibility index (Phi) is 4.18. The summed E-state index contributed by atoms with van der Waals surface area (Å²) < 4.78 is 5.40. The molecule has 22 heavy (non-hydrogen) atoms. The highest BCUT2D eigenvalue weighted by Crippen LogP contribution is 2.23. The minimum absolute atomic E-state index is 0.0635. The summed E-state index contributed by atoms with van der Waals surface area (Å²) in [5, 5.41) is 0. The quantitative estimate of drug-likeness (QED) is 0.835. The molecule has 0 N–H and O–H groups in total. The minimum Gasteiger partial charge on any atom is -0.436 e. The highest BCUT2D eigenvalue weighted by molar-refractivity contribution is 5.93. The van der Waals surface area contributed by atoms with E-state index in [9.17, 15) is 9.59 Å². The first-order valence-electron chi connectivity index (χ1n) is 8.08. The summed E-state index contributed by atoms with van der Waals surface area (Å²) in [6.07, 6.45) is 4.14. The van der Waals surface area contributed by atoms with Crippen LogP contribution in [-0.4, -0.2) is 52.8 Å². The molecule has 2 saturated heterocycles. The Hall–Kier alpha value is -1.85. The van der Waals surface area contributed by atoms with Crippen molar-refractivity contribution in [3.05, 3.63) is 17.3 Å². The van der Waals surface area contributed by atoms with E-state index in [1.807, 2.05) is 4.90 Å². The van der Waals surface area contributed by atoms with Crippen LogP contribution in [0, 0.1) is 19.8 Å². The molecule has 0 bridgehead atoms. The smallest absolute Gasteiger partial charge is 0.291 e. The monoisotopic (exact) mass is 305 g/mol. The Morgan fingerprint density at radius 2 is 1.82 bits per heavy atom. The minimum atomic E-state index is -0.146. The first-order valence-corrected chi connectivity index (χ1v) is 8.08. The summed E-state index contributed by atoms with van der Waals surface area (Å²) in [7, 11) is 0. The van der Waals surface area contributed by atoms with Gasteiger partial charge in [0.05, 0.1) is 11.6 Å². The zero-order chi connectivity index (χ0) is 15.7. The van der Waals surface area contributed by atoms with E-state index >= 15 is 0 Å². The first-order chi connectivity index (χ1) is 10.6. The molecule has 0 saturated carbocycles. The molecule has 6 heteroatoms. The highest BCUT2D eigenvalue weighted by atomic mass is 16.4. The summed E-state index contributed by atoms with van der Waals surface area (Å²) in [4.78, 5) is 32.8. The van der Waals surface area contributed by atoms with Crippen LogP contribution < -0.4 is 0 Å². The number of piperidine rings is 1. The standard InChI is InChI=1S/C16H23N3O3/c1-11-14(22-12(2)17-11)16(21)19-9-6-13(10-19)15(20)18-7-4-3-5-8-18/h13H,3-10H2,1-2H3/t13-/m1/s1. The van der Waals surface area contributed by atoms with Crippen LogP contribution in [0.4, 0.5) is 0 Å². The lowest BCUT2D eigenvalue weighted by Gasteiger charge is -2.29. The molecule has 0 spiro atoms. The van der Waals surface area contributed by atoms with Crippen molar-refractivity contribution in [2.24, 2.45) is 5.92 Å². The third-order valence-electron chi connectivity index (χ3n) is 4.59. The van der Waals surface area contributed by atoms with Gasteiger partial charge in [0, 0.05) is 33.1 Å². The fourth-order valence-electron chi connectivity index (χ4n) is 3.39. The van der Waals surface area contributed by atoms with E-state index < -0.39 is 0 Å². The Balaban J connectivity index is 1.63. The van der Waals surface area contributed by atoms with E-state index in [4.69, 9.17) is 4.42 Å². The molecule has 1 aromatic heterocycles. The molecule has 3 heterocycles. The number of aromatic nitrogens is 1. The van der Waals surface area contributed by atoms with Crippen LogP contribution in [0.25, 0.3) is 0 Å². The number of likely N-dealkylation sites (tertiary alicyclic amines) is 2. The number of carbonyl (C=O) groups is 2. The lowest BCUT2D eigenvalue weighted by Crippen LogP contribution is -2.41. The maximum absolute atomic E-state index is 12.5. The van der Waals surface area contributed by atoms with Gasteiger partial charge in [-0.3, -0.25) is 9.59 Å². The number of aryl methyl sites for hydroxylation is 2. The Morgan fingerprint density at radius 1 is 1.09 bits per heavy atom. The van der Waals surface area contributed by atoms with Crippen molar-refractivity contribution >= 4 is 11.8 Å². The van der Waals surface area contributed by atoms with Crippen molar-refractivity contribution in [1.29, 1.82) is 0 Å². The first kappa shape index (κ1) is 15.1. The molecule has 1 atom stereocenters. The van der Waals surface area contributed by atoms with E-state index in [2.05, 4.69) is 4.98 Å². The number of nitrogens with zero attached hydrogens (tertiary/aromatic N) is 3. The fourth-order valence-corrected chi connectivity index (χ4v) is 3.39. The molecule has 6 nitrogen and oxygen atoms in total. The number of carbonyl (C=O) groups excluding carboxylic acids is 2. The number of amides is 2. The average Bonchev–Trinajstić information content (AvgIpc) is 3.13. The summed E-state index contributed by atoms with van der Waals surface area (Å²) in [5.74, 6) is 0.809. The van der Waals surface area contributed by atoms with Gasteiger partial charge in [-0.2, -0.15) is 0 Å². The van der Waals surface area contributed by atoms with Gasteiger partial charge in [0.1, 0.15) is 0 Å². The Morgan fingerprint density at radius 3 is 2.45 bits per heavy atom. The maximum atomic E-state index is 12.5. The lowest BCUT2D eigenvalue weighted by atomic mass is 10.0. The summed E-state index contributed by atoms with van der Waals surface area (Å²) >= 11 is 0. The molecule has 3 rings (SSSR count). The van der Waals surface area contributed by atoms with Crippen molar-refractivity contribution in [3.63, 3.8) is 0 Å². The van der Waals surface area contributed by atoms with Gasteiger partial charge < -0.3 is 14.2 Å². The van der Waals surface area contributed by atoms with Crippen LogP contribution in [0.15, 0.2) is 4.42 Å². The number of hydrogen-bond donors (Lipinski definition) is 0. The van der Waals surface area contributed by atoms with Crippen LogP contribution in [0.3, 0.4) is 0 Å². The zero-order valence-electron chi connectivity index (χ0n) is 13.3. The van der Waals surface area contributed by atoms with Crippen LogP contribution in [0.5, 0.6) is 0 Å². The predicted molar refractivity (Wildman–Crippen MR) is 80.4 cm³/mol. The SMILES string of the molecule is Cc1nc(C)c(C(=O)N2CC[C@@H](C(=O)N3CCCCC3)C2)o1. The van der Waals surface area contributed by atoms with Gasteiger partial charge >= 0.3 is 0 Å². The summed E-state index contributed by atoms with van der Waals surface area (Å²) in [6.45, 7) is 6.34. The largest absolute Gasteiger partial charge is 0.436 e. The fraction of sp³-hybridized carbons (Fsp3) is 0.688. The number of rotatable bonds is 2. The van der Waals surface area contributed by atoms with Gasteiger partial charge in [0.2, 0.25) is 11.7 Å². The van der Waals surface area contributed by atoms with Crippen LogP contribution in [0.1, 0.15) is 47.8 Å². The second-order valence-corrected chi connectivity index (χ2v) is 6.27. The van der Waals surface area contributed by atoms with Crippen LogP contribution in [0.2, 0.25) is 0 Å². The van der Waals surface area contributed by atoms with Gasteiger partial charge in [0.15, 0.2) is 5.89 Å². The van der Waals surface area contributed by atoms with Crippen LogP contribution in [-0.2, 0) is 4.79 Å². The molecule has 0 unspecified atom stereocenters. The van der Waals surface area contributed by atoms with Crippen molar-refractivity contribution in [2.45, 2.75) is 39.5 Å². The maximum Gasteiger partial charge on any atom is 0.291 e. The molecule has 1 aromatic rings. The van der Waals surface area contributed by atoms with Crippen molar-refractivity contribution in [3.8, 4) is 0 Å². The van der Waals surface area contributed by atoms with E-state index in [0.29, 0.717) is 30.4 Å². The van der Waals surface area contributed by atoms with E-state index in [1.54, 1.807) is 18.7 Å². The summed E-state index contributed by atoms with van der Waals surface area (Å²) in [5.41, 5.74) is 0.619. The topological polar surface area (TPSA) is 66.7 Å². The van der Waals surface area contributed by atoms with Crippen molar-refractivity contribution in [1.82, 2.24) is 14.8 Å². The lowest BCUT2D eigenvalue weighted by molar-refractivity contribution is -0.135. The molecule has 2 aliphatic rings. The van der Waals surface area contributed by atoms with E-state index in [0.717, 1.165) is 32.4 Å². The molecule has 0 aliphatic carbocycles. The molecule has 120 valence electrons. The third-order valence-corrected chi connectivity index (χ3v) is 4.59. The summed E-state index contributed by atoms with van der Waals surface area (Å²) in [6, 6.07) is 0. The third kappa shape index (κ3) is 2.87. The predicted octanol–water partition coefficient (Wildman–Crippen LogP) is 1.77. The van der Waals surface area contributed by atoms with E-state index in [1.165, 1.54) is 6.42 Å². The molecule has 2 amide bonds. The molecule has 0 aromatic carbocycles. The van der Waals surface area contributed by atoms with Gasteiger partial charge in [-0.15, -0.1) is 0 Å². The van der Waals surface area contributed by atoms with Crippen LogP contribution >= 0.6 is 0 Å². The van der Waals surface area contributed by atoms with Crippen molar-refractivity contribution < 1.29 is 14.0 Å². The normalized spacial score (nSPS) is 22.2. The van der Waals surface area contributed by atoms with E-state index in [-0.39, 0.29) is 17.7 Å². The van der Waals surface area contributed by atoms with Gasteiger partial charge in [0.25, 0.3) is 5.91 Å². The molecule has 0 radical (unpaired) electrons. The molecule has 2 aliphatic heterocycles. The van der Waals surface area contributed by atoms with Crippen molar-refractivity contribution in [2.75, 3.05) is 26.2 Å². The van der Waals surface area contributed by atoms with Gasteiger partial charge in [-0.1, -0.05) is 0 Å². The van der Waals surface area contributed by atoms with Gasteiger partial charge in [-0.25, -0.2) is 4.98 Å². The zero-order valence-corrected chi connectivity index (χ0v) is 13.3. The number of oxazole rings is 1. The average molecular weight is 305 g/mol. The number of hydrogen-bond acceptors (Lipinski definition) is 4. The van der Waals surface area contributed by atoms with Gasteiger partial charge in [-0.05, 0) is 32.6 Å².